The Bertz CT molecular complexity index is 1220. The van der Waals surface area contributed by atoms with Gasteiger partial charge in [0.2, 0.25) is 11.8 Å². The number of alkyl halides is 2. The van der Waals surface area contributed by atoms with Crippen molar-refractivity contribution in [3.05, 3.63) is 72.2 Å². The van der Waals surface area contributed by atoms with Crippen molar-refractivity contribution >= 4 is 5.95 Å². The zero-order valence-corrected chi connectivity index (χ0v) is 18.6. The molecule has 3 heterocycles. The van der Waals surface area contributed by atoms with Crippen molar-refractivity contribution < 1.29 is 13.5 Å². The highest BCUT2D eigenvalue weighted by Crippen LogP contribution is 2.33. The summed E-state index contributed by atoms with van der Waals surface area (Å²) in [5.74, 6) is 1.67. The van der Waals surface area contributed by atoms with Gasteiger partial charge < -0.3 is 9.64 Å². The van der Waals surface area contributed by atoms with E-state index in [2.05, 4.69) is 42.3 Å². The van der Waals surface area contributed by atoms with Crippen molar-refractivity contribution in [2.45, 2.75) is 45.3 Å². The number of benzene rings is 1. The van der Waals surface area contributed by atoms with Crippen LogP contribution in [0.15, 0.2) is 55.2 Å². The molecule has 1 fully saturated rings. The van der Waals surface area contributed by atoms with Crippen molar-refractivity contribution in [1.29, 1.82) is 0 Å². The molecule has 176 valence electrons. The van der Waals surface area contributed by atoms with E-state index in [4.69, 9.17) is 4.74 Å². The number of hydrogen-bond donors (Lipinski definition) is 0. The van der Waals surface area contributed by atoms with Gasteiger partial charge in [0, 0.05) is 24.3 Å². The minimum Gasteiger partial charge on any atom is -0.471 e. The lowest BCUT2D eigenvalue weighted by Gasteiger charge is -2.24. The Hall–Kier alpha value is -3.89. The summed E-state index contributed by atoms with van der Waals surface area (Å²) in [6, 6.07) is 12.1. The van der Waals surface area contributed by atoms with Gasteiger partial charge in [-0.1, -0.05) is 18.2 Å². The van der Waals surface area contributed by atoms with Crippen molar-refractivity contribution in [2.75, 3.05) is 11.5 Å². The lowest BCUT2D eigenvalue weighted by atomic mass is 10.2. The number of nitrogens with zero attached hydrogens (tertiary/aromatic N) is 8. The molecule has 0 radical (unpaired) electrons. The molecule has 5 rings (SSSR count). The lowest BCUT2D eigenvalue weighted by Crippen LogP contribution is -2.28. The molecule has 0 spiro atoms. The second kappa shape index (κ2) is 9.54. The van der Waals surface area contributed by atoms with Crippen LogP contribution in [-0.2, 0) is 13.1 Å². The molecule has 0 aliphatic heterocycles. The van der Waals surface area contributed by atoms with Crippen LogP contribution in [0.5, 0.6) is 5.88 Å². The summed E-state index contributed by atoms with van der Waals surface area (Å²) in [7, 11) is 0. The standard InChI is InChI=1S/C23H24F2N8O/c1-16-29-30-23(31(16)12-18-3-2-10-27-22(18)34-13-21(24)25)32(19-8-9-19)11-17-4-6-20(7-5-17)33-15-26-14-28-33/h2-7,10,14-15,19,21H,8-9,11-13H2,1H3. The van der Waals surface area contributed by atoms with Gasteiger partial charge in [-0.3, -0.25) is 4.57 Å². The van der Waals surface area contributed by atoms with E-state index in [0.717, 1.165) is 35.9 Å². The number of halogens is 2. The average Bonchev–Trinajstić information content (AvgIpc) is 3.42. The predicted molar refractivity (Wildman–Crippen MR) is 120 cm³/mol. The first kappa shape index (κ1) is 21.9. The van der Waals surface area contributed by atoms with Crippen LogP contribution in [0.2, 0.25) is 0 Å². The molecule has 1 saturated carbocycles. The third-order valence-corrected chi connectivity index (χ3v) is 5.66. The minimum absolute atomic E-state index is 0.198. The van der Waals surface area contributed by atoms with Gasteiger partial charge in [-0.05, 0) is 43.5 Å². The van der Waals surface area contributed by atoms with Gasteiger partial charge in [0.1, 0.15) is 18.5 Å². The molecule has 0 saturated heterocycles. The normalized spacial score (nSPS) is 13.4. The van der Waals surface area contributed by atoms with Crippen molar-refractivity contribution in [3.63, 3.8) is 0 Å². The Morgan fingerprint density at radius 1 is 1.15 bits per heavy atom. The van der Waals surface area contributed by atoms with E-state index >= 15 is 0 Å². The highest BCUT2D eigenvalue weighted by atomic mass is 19.3. The maximum absolute atomic E-state index is 12.7. The van der Waals surface area contributed by atoms with Crippen LogP contribution in [-0.4, -0.2) is 53.6 Å². The number of hydrogen-bond acceptors (Lipinski definition) is 7. The fraction of sp³-hybridized carbons (Fsp3) is 0.348. The summed E-state index contributed by atoms with van der Waals surface area (Å²) in [6.07, 6.45) is 4.29. The molecule has 0 unspecified atom stereocenters. The minimum atomic E-state index is -2.57. The van der Waals surface area contributed by atoms with Crippen LogP contribution in [0.25, 0.3) is 5.69 Å². The summed E-state index contributed by atoms with van der Waals surface area (Å²) in [6.45, 7) is 2.22. The van der Waals surface area contributed by atoms with Crippen molar-refractivity contribution in [1.82, 2.24) is 34.5 Å². The second-order valence-corrected chi connectivity index (χ2v) is 8.17. The Balaban J connectivity index is 1.38. The molecular weight excluding hydrogens is 442 g/mol. The van der Waals surface area contributed by atoms with Gasteiger partial charge in [-0.2, -0.15) is 5.10 Å². The summed E-state index contributed by atoms with van der Waals surface area (Å²) in [5.41, 5.74) is 2.76. The molecule has 1 aliphatic rings. The fourth-order valence-corrected chi connectivity index (χ4v) is 3.80. The number of aromatic nitrogens is 7. The zero-order valence-electron chi connectivity index (χ0n) is 18.6. The molecule has 0 atom stereocenters. The third-order valence-electron chi connectivity index (χ3n) is 5.66. The molecule has 0 amide bonds. The summed E-state index contributed by atoms with van der Waals surface area (Å²) in [5, 5.41) is 12.9. The second-order valence-electron chi connectivity index (χ2n) is 8.17. The van der Waals surface area contributed by atoms with E-state index in [1.54, 1.807) is 17.1 Å². The number of pyridine rings is 1. The third kappa shape index (κ3) is 4.87. The van der Waals surface area contributed by atoms with Gasteiger partial charge in [0.25, 0.3) is 6.43 Å². The number of rotatable bonds is 10. The quantitative estimate of drug-likeness (QED) is 0.354. The van der Waals surface area contributed by atoms with Crippen LogP contribution in [0.1, 0.15) is 29.8 Å². The van der Waals surface area contributed by atoms with E-state index in [-0.39, 0.29) is 5.88 Å². The van der Waals surface area contributed by atoms with Gasteiger partial charge in [-0.25, -0.2) is 23.4 Å². The molecule has 34 heavy (non-hydrogen) atoms. The first-order valence-electron chi connectivity index (χ1n) is 11.0. The van der Waals surface area contributed by atoms with Crippen LogP contribution in [0.3, 0.4) is 0 Å². The molecule has 0 N–H and O–H groups in total. The SMILES string of the molecule is Cc1nnc(N(Cc2ccc(-n3cncn3)cc2)C2CC2)n1Cc1cccnc1OCC(F)F. The molecule has 1 aliphatic carbocycles. The molecule has 1 aromatic carbocycles. The Kier molecular flexibility index (Phi) is 6.15. The Morgan fingerprint density at radius 3 is 2.68 bits per heavy atom. The lowest BCUT2D eigenvalue weighted by molar-refractivity contribution is 0.0790. The Morgan fingerprint density at radius 2 is 1.97 bits per heavy atom. The summed E-state index contributed by atoms with van der Waals surface area (Å²) < 4.78 is 34.3. The molecule has 9 nitrogen and oxygen atoms in total. The van der Waals surface area contributed by atoms with Crippen molar-refractivity contribution in [2.24, 2.45) is 0 Å². The van der Waals surface area contributed by atoms with Crippen LogP contribution < -0.4 is 9.64 Å². The number of aryl methyl sites for hydroxylation is 1. The maximum atomic E-state index is 12.7. The Labute approximate surface area is 195 Å². The first-order valence-corrected chi connectivity index (χ1v) is 11.0. The van der Waals surface area contributed by atoms with Crippen LogP contribution in [0, 0.1) is 6.92 Å². The monoisotopic (exact) mass is 466 g/mol. The zero-order chi connectivity index (χ0) is 23.5. The summed E-state index contributed by atoms with van der Waals surface area (Å²) >= 11 is 0. The molecule has 11 heteroatoms. The van der Waals surface area contributed by atoms with Crippen molar-refractivity contribution in [3.8, 4) is 11.6 Å². The summed E-state index contributed by atoms with van der Waals surface area (Å²) in [4.78, 5) is 10.4. The van der Waals surface area contributed by atoms with Crippen LogP contribution in [0.4, 0.5) is 14.7 Å². The molecule has 0 bridgehead atoms. The highest BCUT2D eigenvalue weighted by Gasteiger charge is 2.33. The predicted octanol–water partition coefficient (Wildman–Crippen LogP) is 3.42. The van der Waals surface area contributed by atoms with E-state index in [0.29, 0.717) is 24.7 Å². The first-order chi connectivity index (χ1) is 16.6. The van der Waals surface area contributed by atoms with Gasteiger partial charge in [-0.15, -0.1) is 10.2 Å². The van der Waals surface area contributed by atoms with E-state index in [9.17, 15) is 8.78 Å². The topological polar surface area (TPSA) is 86.8 Å². The van der Waals surface area contributed by atoms with Gasteiger partial charge in [0.15, 0.2) is 6.61 Å². The smallest absolute Gasteiger partial charge is 0.272 e. The average molecular weight is 466 g/mol. The van der Waals surface area contributed by atoms with Gasteiger partial charge >= 0.3 is 0 Å². The molecule has 3 aromatic heterocycles. The number of anilines is 1. The molecular formula is C23H24F2N8O. The van der Waals surface area contributed by atoms with E-state index in [1.807, 2.05) is 29.7 Å². The maximum Gasteiger partial charge on any atom is 0.272 e. The molecule has 4 aromatic rings. The van der Waals surface area contributed by atoms with Crippen LogP contribution >= 0.6 is 0 Å². The number of ether oxygens (including phenoxy) is 1. The van der Waals surface area contributed by atoms with Gasteiger partial charge in [0.05, 0.1) is 12.2 Å². The van der Waals surface area contributed by atoms with E-state index in [1.165, 1.54) is 12.5 Å². The largest absolute Gasteiger partial charge is 0.471 e. The fourth-order valence-electron chi connectivity index (χ4n) is 3.80. The van der Waals surface area contributed by atoms with E-state index < -0.39 is 13.0 Å². The highest BCUT2D eigenvalue weighted by molar-refractivity contribution is 5.41.